The Morgan fingerprint density at radius 2 is 2.11 bits per heavy atom. The predicted molar refractivity (Wildman–Crippen MR) is 73.2 cm³/mol. The lowest BCUT2D eigenvalue weighted by Crippen LogP contribution is -2.38. The Labute approximate surface area is 111 Å². The molecular formula is C12H26N2O3S. The molecule has 6 heteroatoms. The van der Waals surface area contributed by atoms with Crippen LogP contribution in [0.5, 0.6) is 0 Å². The van der Waals surface area contributed by atoms with Crippen molar-refractivity contribution < 1.29 is 13.2 Å². The third kappa shape index (κ3) is 5.22. The second kappa shape index (κ2) is 8.09. The lowest BCUT2D eigenvalue weighted by molar-refractivity contribution is 0.181. The van der Waals surface area contributed by atoms with E-state index in [4.69, 9.17) is 4.74 Å². The molecule has 1 unspecified atom stereocenters. The molecule has 0 aromatic heterocycles. The Hall–Kier alpha value is -0.170. The zero-order valence-corrected chi connectivity index (χ0v) is 12.3. The second-order valence-electron chi connectivity index (χ2n) is 4.81. The summed E-state index contributed by atoms with van der Waals surface area (Å²) in [6.45, 7) is 5.24. The van der Waals surface area contributed by atoms with Gasteiger partial charge in [-0.25, -0.2) is 8.42 Å². The van der Waals surface area contributed by atoms with E-state index in [9.17, 15) is 8.42 Å². The molecule has 1 rings (SSSR count). The third-order valence-electron chi connectivity index (χ3n) is 3.29. The molecule has 1 fully saturated rings. The number of ether oxygens (including phenoxy) is 1. The van der Waals surface area contributed by atoms with Crippen LogP contribution in [0.4, 0.5) is 0 Å². The molecule has 1 saturated heterocycles. The molecule has 0 radical (unpaired) electrons. The molecule has 0 amide bonds. The summed E-state index contributed by atoms with van der Waals surface area (Å²) < 4.78 is 30.8. The first-order chi connectivity index (χ1) is 8.58. The molecule has 0 bridgehead atoms. The Kier molecular flexibility index (Phi) is 7.14. The Bertz CT molecular complexity index is 313. The van der Waals surface area contributed by atoms with Crippen molar-refractivity contribution in [3.05, 3.63) is 0 Å². The van der Waals surface area contributed by atoms with Gasteiger partial charge >= 0.3 is 0 Å². The maximum atomic E-state index is 12.1. The summed E-state index contributed by atoms with van der Waals surface area (Å²) in [6, 6.07) is 0.0354. The Morgan fingerprint density at radius 1 is 1.33 bits per heavy atom. The fourth-order valence-electron chi connectivity index (χ4n) is 2.02. The number of nitrogens with one attached hydrogen (secondary N) is 1. The van der Waals surface area contributed by atoms with Gasteiger partial charge in [0, 0.05) is 13.7 Å². The molecule has 0 saturated carbocycles. The average Bonchev–Trinajstić information content (AvgIpc) is 2.86. The van der Waals surface area contributed by atoms with Gasteiger partial charge in [0.15, 0.2) is 0 Å². The third-order valence-corrected chi connectivity index (χ3v) is 5.27. The molecule has 1 aliphatic rings. The van der Waals surface area contributed by atoms with E-state index in [1.54, 1.807) is 7.05 Å². The number of unbranched alkanes of at least 4 members (excludes halogenated alkanes) is 1. The highest BCUT2D eigenvalue weighted by molar-refractivity contribution is 7.89. The van der Waals surface area contributed by atoms with E-state index in [1.807, 2.05) is 0 Å². The second-order valence-corrected chi connectivity index (χ2v) is 6.95. The van der Waals surface area contributed by atoms with E-state index in [1.165, 1.54) is 4.31 Å². The van der Waals surface area contributed by atoms with Crippen LogP contribution in [0.1, 0.15) is 32.6 Å². The van der Waals surface area contributed by atoms with Crippen LogP contribution in [0.2, 0.25) is 0 Å². The van der Waals surface area contributed by atoms with Gasteiger partial charge in [0.2, 0.25) is 10.0 Å². The fourth-order valence-corrected chi connectivity index (χ4v) is 3.49. The van der Waals surface area contributed by atoms with Crippen molar-refractivity contribution in [3.8, 4) is 0 Å². The molecular weight excluding hydrogens is 252 g/mol. The first-order valence-corrected chi connectivity index (χ1v) is 8.43. The minimum Gasteiger partial charge on any atom is -0.380 e. The normalized spacial score (nSPS) is 20.7. The number of sulfonamides is 1. The van der Waals surface area contributed by atoms with Crippen LogP contribution in [-0.4, -0.2) is 57.9 Å². The van der Waals surface area contributed by atoms with Crippen LogP contribution in [0.15, 0.2) is 0 Å². The number of nitrogens with zero attached hydrogens (tertiary/aromatic N) is 1. The molecule has 0 aliphatic carbocycles. The van der Waals surface area contributed by atoms with Gasteiger partial charge in [-0.05, 0) is 38.8 Å². The topological polar surface area (TPSA) is 58.6 Å². The van der Waals surface area contributed by atoms with Gasteiger partial charge in [-0.1, -0.05) is 6.92 Å². The largest absolute Gasteiger partial charge is 0.380 e. The van der Waals surface area contributed by atoms with E-state index in [0.717, 1.165) is 38.8 Å². The first kappa shape index (κ1) is 15.9. The highest BCUT2D eigenvalue weighted by Gasteiger charge is 2.28. The molecule has 1 heterocycles. The van der Waals surface area contributed by atoms with Crippen molar-refractivity contribution >= 4 is 10.0 Å². The maximum Gasteiger partial charge on any atom is 0.214 e. The fraction of sp³-hybridized carbons (Fsp3) is 1.00. The van der Waals surface area contributed by atoms with Gasteiger partial charge in [0.25, 0.3) is 0 Å². The number of hydrogen-bond donors (Lipinski definition) is 1. The van der Waals surface area contributed by atoms with E-state index in [2.05, 4.69) is 12.2 Å². The molecule has 5 nitrogen and oxygen atoms in total. The van der Waals surface area contributed by atoms with Crippen molar-refractivity contribution in [2.75, 3.05) is 39.1 Å². The van der Waals surface area contributed by atoms with Crippen LogP contribution in [0, 0.1) is 0 Å². The Morgan fingerprint density at radius 3 is 2.72 bits per heavy atom. The van der Waals surface area contributed by atoms with E-state index >= 15 is 0 Å². The van der Waals surface area contributed by atoms with Crippen LogP contribution in [0.25, 0.3) is 0 Å². The van der Waals surface area contributed by atoms with Crippen molar-refractivity contribution in [2.45, 2.75) is 38.6 Å². The van der Waals surface area contributed by atoms with Crippen LogP contribution in [0.3, 0.4) is 0 Å². The van der Waals surface area contributed by atoms with E-state index < -0.39 is 10.0 Å². The minimum atomic E-state index is -3.11. The molecule has 1 aliphatic heterocycles. The average molecular weight is 278 g/mol. The number of hydrogen-bond acceptors (Lipinski definition) is 4. The Balaban J connectivity index is 2.22. The smallest absolute Gasteiger partial charge is 0.214 e. The summed E-state index contributed by atoms with van der Waals surface area (Å²) in [5.41, 5.74) is 0. The maximum absolute atomic E-state index is 12.1. The molecule has 0 spiro atoms. The van der Waals surface area contributed by atoms with Crippen molar-refractivity contribution in [2.24, 2.45) is 0 Å². The van der Waals surface area contributed by atoms with Gasteiger partial charge in [-0.3, -0.25) is 0 Å². The van der Waals surface area contributed by atoms with E-state index in [-0.39, 0.29) is 11.8 Å². The SMILES string of the molecule is CCCNCCCCS(=O)(=O)N(C)C1CCOC1. The molecule has 1 atom stereocenters. The predicted octanol–water partition coefficient (Wildman–Crippen LogP) is 0.817. The van der Waals surface area contributed by atoms with Crippen molar-refractivity contribution in [1.82, 2.24) is 9.62 Å². The quantitative estimate of drug-likeness (QED) is 0.634. The van der Waals surface area contributed by atoms with Gasteiger partial charge in [0.1, 0.15) is 0 Å². The highest BCUT2D eigenvalue weighted by atomic mass is 32.2. The monoisotopic (exact) mass is 278 g/mol. The number of likely N-dealkylation sites (N-methyl/N-ethyl adjacent to an activating group) is 1. The summed E-state index contributed by atoms with van der Waals surface area (Å²) in [6.07, 6.45) is 3.56. The van der Waals surface area contributed by atoms with Crippen LogP contribution in [-0.2, 0) is 14.8 Å². The lowest BCUT2D eigenvalue weighted by atomic mass is 10.3. The minimum absolute atomic E-state index is 0.0354. The van der Waals surface area contributed by atoms with Crippen LogP contribution < -0.4 is 5.32 Å². The molecule has 108 valence electrons. The van der Waals surface area contributed by atoms with Gasteiger partial charge in [-0.15, -0.1) is 0 Å². The molecule has 0 aromatic carbocycles. The standard InChI is InChI=1S/C12H26N2O3S/c1-3-7-13-8-4-5-10-18(15,16)14(2)12-6-9-17-11-12/h12-13H,3-11H2,1-2H3. The van der Waals surface area contributed by atoms with Gasteiger partial charge in [-0.2, -0.15) is 4.31 Å². The molecule has 18 heavy (non-hydrogen) atoms. The van der Waals surface area contributed by atoms with Crippen LogP contribution >= 0.6 is 0 Å². The summed E-state index contributed by atoms with van der Waals surface area (Å²) >= 11 is 0. The lowest BCUT2D eigenvalue weighted by Gasteiger charge is -2.22. The first-order valence-electron chi connectivity index (χ1n) is 6.82. The zero-order chi connectivity index (χ0) is 13.4. The zero-order valence-electron chi connectivity index (χ0n) is 11.5. The summed E-state index contributed by atoms with van der Waals surface area (Å²) in [5.74, 6) is 0.244. The summed E-state index contributed by atoms with van der Waals surface area (Å²) in [5, 5.41) is 3.28. The number of rotatable bonds is 9. The van der Waals surface area contributed by atoms with Gasteiger partial charge in [0.05, 0.1) is 18.4 Å². The van der Waals surface area contributed by atoms with Crippen molar-refractivity contribution in [3.63, 3.8) is 0 Å². The summed E-state index contributed by atoms with van der Waals surface area (Å²) in [7, 11) is -1.44. The van der Waals surface area contributed by atoms with Crippen molar-refractivity contribution in [1.29, 1.82) is 0 Å². The van der Waals surface area contributed by atoms with Gasteiger partial charge < -0.3 is 10.1 Å². The highest BCUT2D eigenvalue weighted by Crippen LogP contribution is 2.15. The summed E-state index contributed by atoms with van der Waals surface area (Å²) in [4.78, 5) is 0. The molecule has 1 N–H and O–H groups in total. The molecule has 0 aromatic rings. The van der Waals surface area contributed by atoms with E-state index in [0.29, 0.717) is 13.2 Å².